The summed E-state index contributed by atoms with van der Waals surface area (Å²) >= 11 is 0. The first-order valence-electron chi connectivity index (χ1n) is 7.40. The van der Waals surface area contributed by atoms with E-state index in [-0.39, 0.29) is 10.8 Å². The second-order valence-corrected chi connectivity index (χ2v) is 7.05. The molecule has 0 aromatic heterocycles. The Morgan fingerprint density at radius 3 is 2.38 bits per heavy atom. The standard InChI is InChI=1S/C15H22N2O3S/c1-3-16(4-2)15(18)13-8-7-9-14(12-13)21(19,20)17-10-5-6-11-17/h7-9,12H,3-6,10-11H2,1-2H3. The highest BCUT2D eigenvalue weighted by Crippen LogP contribution is 2.22. The molecule has 5 nitrogen and oxygen atoms in total. The zero-order valence-electron chi connectivity index (χ0n) is 12.6. The van der Waals surface area contributed by atoms with Gasteiger partial charge in [0.05, 0.1) is 4.90 Å². The molecule has 1 amide bonds. The quantitative estimate of drug-likeness (QED) is 0.835. The number of hydrogen-bond donors (Lipinski definition) is 0. The summed E-state index contributed by atoms with van der Waals surface area (Å²) in [5.74, 6) is -0.126. The molecule has 0 saturated carbocycles. The molecule has 0 atom stereocenters. The van der Waals surface area contributed by atoms with Gasteiger partial charge in [0, 0.05) is 31.7 Å². The van der Waals surface area contributed by atoms with Crippen LogP contribution >= 0.6 is 0 Å². The van der Waals surface area contributed by atoms with Gasteiger partial charge in [0.25, 0.3) is 5.91 Å². The Morgan fingerprint density at radius 1 is 1.19 bits per heavy atom. The van der Waals surface area contributed by atoms with Gasteiger partial charge < -0.3 is 4.90 Å². The molecule has 116 valence electrons. The fourth-order valence-electron chi connectivity index (χ4n) is 2.56. The number of carbonyl (C=O) groups is 1. The van der Waals surface area contributed by atoms with E-state index in [0.717, 1.165) is 12.8 Å². The van der Waals surface area contributed by atoms with E-state index in [1.165, 1.54) is 10.4 Å². The van der Waals surface area contributed by atoms with Crippen molar-refractivity contribution in [2.24, 2.45) is 0 Å². The Balaban J connectivity index is 2.31. The minimum atomic E-state index is -3.47. The fraction of sp³-hybridized carbons (Fsp3) is 0.533. The number of nitrogens with zero attached hydrogens (tertiary/aromatic N) is 2. The molecule has 0 unspecified atom stereocenters. The van der Waals surface area contributed by atoms with E-state index in [0.29, 0.717) is 31.7 Å². The van der Waals surface area contributed by atoms with E-state index in [1.54, 1.807) is 23.1 Å². The van der Waals surface area contributed by atoms with Crippen LogP contribution in [0.25, 0.3) is 0 Å². The van der Waals surface area contributed by atoms with Crippen LogP contribution < -0.4 is 0 Å². The third-order valence-corrected chi connectivity index (χ3v) is 5.73. The summed E-state index contributed by atoms with van der Waals surface area (Å²) in [7, 11) is -3.47. The Morgan fingerprint density at radius 2 is 1.81 bits per heavy atom. The molecule has 21 heavy (non-hydrogen) atoms. The first-order valence-corrected chi connectivity index (χ1v) is 8.84. The highest BCUT2D eigenvalue weighted by molar-refractivity contribution is 7.89. The second-order valence-electron chi connectivity index (χ2n) is 5.12. The van der Waals surface area contributed by atoms with Gasteiger partial charge in [-0.15, -0.1) is 0 Å². The molecule has 1 aliphatic heterocycles. The number of benzene rings is 1. The van der Waals surface area contributed by atoms with E-state index in [4.69, 9.17) is 0 Å². The predicted octanol–water partition coefficient (Wildman–Crippen LogP) is 1.95. The van der Waals surface area contributed by atoms with Gasteiger partial charge in [-0.25, -0.2) is 8.42 Å². The number of amides is 1. The monoisotopic (exact) mass is 310 g/mol. The third kappa shape index (κ3) is 3.27. The first kappa shape index (κ1) is 16.0. The van der Waals surface area contributed by atoms with Crippen molar-refractivity contribution in [1.29, 1.82) is 0 Å². The van der Waals surface area contributed by atoms with Crippen LogP contribution in [0.15, 0.2) is 29.2 Å². The molecular weight excluding hydrogens is 288 g/mol. The van der Waals surface area contributed by atoms with Crippen molar-refractivity contribution in [3.05, 3.63) is 29.8 Å². The Hall–Kier alpha value is -1.40. The van der Waals surface area contributed by atoms with Crippen LogP contribution in [0.1, 0.15) is 37.0 Å². The summed E-state index contributed by atoms with van der Waals surface area (Å²) in [4.78, 5) is 14.2. The molecule has 1 saturated heterocycles. The lowest BCUT2D eigenvalue weighted by Crippen LogP contribution is -2.31. The van der Waals surface area contributed by atoms with Crippen LogP contribution in [0.3, 0.4) is 0 Å². The van der Waals surface area contributed by atoms with E-state index in [9.17, 15) is 13.2 Å². The molecule has 1 heterocycles. The number of sulfonamides is 1. The second kappa shape index (κ2) is 6.58. The molecule has 1 aliphatic rings. The van der Waals surface area contributed by atoms with Crippen molar-refractivity contribution in [3.63, 3.8) is 0 Å². The molecule has 1 fully saturated rings. The maximum Gasteiger partial charge on any atom is 0.253 e. The van der Waals surface area contributed by atoms with Gasteiger partial charge in [0.2, 0.25) is 10.0 Å². The van der Waals surface area contributed by atoms with Crippen LogP contribution in [0.2, 0.25) is 0 Å². The number of rotatable bonds is 5. The summed E-state index contributed by atoms with van der Waals surface area (Å²) in [6.45, 7) is 6.17. The molecule has 1 aromatic rings. The maximum absolute atomic E-state index is 12.5. The van der Waals surface area contributed by atoms with Crippen molar-refractivity contribution >= 4 is 15.9 Å². The van der Waals surface area contributed by atoms with Crippen molar-refractivity contribution in [3.8, 4) is 0 Å². The van der Waals surface area contributed by atoms with Gasteiger partial charge in [-0.1, -0.05) is 6.07 Å². The lowest BCUT2D eigenvalue weighted by atomic mass is 10.2. The van der Waals surface area contributed by atoms with Crippen molar-refractivity contribution < 1.29 is 13.2 Å². The summed E-state index contributed by atoms with van der Waals surface area (Å²) in [5.41, 5.74) is 0.430. The lowest BCUT2D eigenvalue weighted by Gasteiger charge is -2.20. The molecule has 0 radical (unpaired) electrons. The number of hydrogen-bond acceptors (Lipinski definition) is 3. The Labute approximate surface area is 126 Å². The minimum Gasteiger partial charge on any atom is -0.339 e. The molecule has 0 bridgehead atoms. The molecular formula is C15H22N2O3S. The predicted molar refractivity (Wildman–Crippen MR) is 81.7 cm³/mol. The number of carbonyl (C=O) groups excluding carboxylic acids is 1. The van der Waals surface area contributed by atoms with E-state index >= 15 is 0 Å². The van der Waals surface area contributed by atoms with Crippen LogP contribution in [0.5, 0.6) is 0 Å². The molecule has 1 aromatic carbocycles. The fourth-order valence-corrected chi connectivity index (χ4v) is 4.12. The average Bonchev–Trinajstić information content (AvgIpc) is 3.03. The molecule has 0 spiro atoms. The molecule has 0 aliphatic carbocycles. The van der Waals surface area contributed by atoms with Crippen molar-refractivity contribution in [1.82, 2.24) is 9.21 Å². The Kier molecular flexibility index (Phi) is 5.00. The van der Waals surface area contributed by atoms with Gasteiger partial charge in [-0.3, -0.25) is 4.79 Å². The van der Waals surface area contributed by atoms with Crippen LogP contribution in [-0.4, -0.2) is 49.7 Å². The van der Waals surface area contributed by atoms with Crippen LogP contribution in [0.4, 0.5) is 0 Å². The lowest BCUT2D eigenvalue weighted by molar-refractivity contribution is 0.0772. The van der Waals surface area contributed by atoms with Gasteiger partial charge in [0.1, 0.15) is 0 Å². The van der Waals surface area contributed by atoms with E-state index < -0.39 is 10.0 Å². The van der Waals surface area contributed by atoms with Crippen molar-refractivity contribution in [2.45, 2.75) is 31.6 Å². The van der Waals surface area contributed by atoms with Gasteiger partial charge in [0.15, 0.2) is 0 Å². The normalized spacial score (nSPS) is 16.1. The summed E-state index contributed by atoms with van der Waals surface area (Å²) in [5, 5.41) is 0. The van der Waals surface area contributed by atoms with Gasteiger partial charge in [-0.05, 0) is 44.9 Å². The molecule has 2 rings (SSSR count). The highest BCUT2D eigenvalue weighted by atomic mass is 32.2. The topological polar surface area (TPSA) is 57.7 Å². The van der Waals surface area contributed by atoms with E-state index in [1.807, 2.05) is 13.8 Å². The molecule has 0 N–H and O–H groups in total. The highest BCUT2D eigenvalue weighted by Gasteiger charge is 2.27. The third-order valence-electron chi connectivity index (χ3n) is 3.83. The smallest absolute Gasteiger partial charge is 0.253 e. The summed E-state index contributed by atoms with van der Waals surface area (Å²) in [6.07, 6.45) is 1.80. The van der Waals surface area contributed by atoms with Crippen molar-refractivity contribution in [2.75, 3.05) is 26.2 Å². The largest absolute Gasteiger partial charge is 0.339 e. The van der Waals surface area contributed by atoms with Gasteiger partial charge >= 0.3 is 0 Å². The van der Waals surface area contributed by atoms with Crippen LogP contribution in [0, 0.1) is 0 Å². The average molecular weight is 310 g/mol. The van der Waals surface area contributed by atoms with Crippen LogP contribution in [-0.2, 0) is 10.0 Å². The summed E-state index contributed by atoms with van der Waals surface area (Å²) < 4.78 is 26.5. The summed E-state index contributed by atoms with van der Waals surface area (Å²) in [6, 6.07) is 6.37. The van der Waals surface area contributed by atoms with Gasteiger partial charge in [-0.2, -0.15) is 4.31 Å². The first-order chi connectivity index (χ1) is 10.0. The Bertz CT molecular complexity index is 603. The maximum atomic E-state index is 12.5. The SMILES string of the molecule is CCN(CC)C(=O)c1cccc(S(=O)(=O)N2CCCC2)c1. The van der Waals surface area contributed by atoms with E-state index in [2.05, 4.69) is 0 Å². The minimum absolute atomic E-state index is 0.126. The zero-order chi connectivity index (χ0) is 15.5. The zero-order valence-corrected chi connectivity index (χ0v) is 13.4. The molecule has 6 heteroatoms.